The van der Waals surface area contributed by atoms with Crippen molar-refractivity contribution in [3.63, 3.8) is 0 Å². The number of carbonyl (C=O) groups excluding carboxylic acids is 2. The Kier molecular flexibility index (Phi) is 6.94. The molecule has 0 atom stereocenters. The lowest BCUT2D eigenvalue weighted by atomic mass is 10.1. The van der Waals surface area contributed by atoms with Gasteiger partial charge < -0.3 is 0 Å². The molecule has 31 heavy (non-hydrogen) atoms. The van der Waals surface area contributed by atoms with Gasteiger partial charge in [0.2, 0.25) is 5.91 Å². The van der Waals surface area contributed by atoms with Crippen molar-refractivity contribution in [3.05, 3.63) is 94.5 Å². The Morgan fingerprint density at radius 2 is 1.58 bits per heavy atom. The summed E-state index contributed by atoms with van der Waals surface area (Å²) in [6, 6.07) is 19.1. The Balaban J connectivity index is 1.63. The van der Waals surface area contributed by atoms with E-state index in [-0.39, 0.29) is 16.9 Å². The van der Waals surface area contributed by atoms with E-state index in [0.717, 1.165) is 11.1 Å². The predicted octanol–water partition coefficient (Wildman–Crippen LogP) is 3.45. The summed E-state index contributed by atoms with van der Waals surface area (Å²) >= 11 is 5.81. The number of sulfonamides is 1. The number of benzene rings is 3. The second-order valence-electron chi connectivity index (χ2n) is 6.80. The number of hydrazine groups is 1. The van der Waals surface area contributed by atoms with Crippen LogP contribution in [0.4, 0.5) is 5.69 Å². The van der Waals surface area contributed by atoms with Crippen LogP contribution in [0.15, 0.2) is 77.7 Å². The van der Waals surface area contributed by atoms with Crippen molar-refractivity contribution in [1.29, 1.82) is 0 Å². The molecule has 0 aliphatic carbocycles. The van der Waals surface area contributed by atoms with E-state index in [9.17, 15) is 18.0 Å². The van der Waals surface area contributed by atoms with Crippen LogP contribution in [0.5, 0.6) is 0 Å². The van der Waals surface area contributed by atoms with E-state index >= 15 is 0 Å². The number of hydrogen-bond acceptors (Lipinski definition) is 4. The van der Waals surface area contributed by atoms with Crippen LogP contribution >= 0.6 is 11.6 Å². The second-order valence-corrected chi connectivity index (χ2v) is 8.92. The van der Waals surface area contributed by atoms with Gasteiger partial charge in [-0.25, -0.2) is 8.42 Å². The lowest BCUT2D eigenvalue weighted by Crippen LogP contribution is -2.42. The molecule has 0 radical (unpaired) electrons. The number of anilines is 1. The van der Waals surface area contributed by atoms with Crippen LogP contribution in [-0.4, -0.2) is 20.2 Å². The summed E-state index contributed by atoms with van der Waals surface area (Å²) in [7, 11) is -3.92. The molecule has 0 unspecified atom stereocenters. The van der Waals surface area contributed by atoms with Crippen molar-refractivity contribution in [1.82, 2.24) is 10.9 Å². The summed E-state index contributed by atoms with van der Waals surface area (Å²) in [5, 5.41) is 0.478. The lowest BCUT2D eigenvalue weighted by molar-refractivity contribution is -0.121. The largest absolute Gasteiger partial charge is 0.280 e. The van der Waals surface area contributed by atoms with E-state index in [2.05, 4.69) is 15.6 Å². The average molecular weight is 458 g/mol. The van der Waals surface area contributed by atoms with Gasteiger partial charge in [0.25, 0.3) is 15.9 Å². The Bertz CT molecular complexity index is 1190. The number of amides is 2. The Hall–Kier alpha value is -3.36. The van der Waals surface area contributed by atoms with E-state index in [1.807, 2.05) is 31.2 Å². The van der Waals surface area contributed by atoms with Gasteiger partial charge in [-0.15, -0.1) is 0 Å². The highest BCUT2D eigenvalue weighted by atomic mass is 35.5. The van der Waals surface area contributed by atoms with Crippen LogP contribution < -0.4 is 15.6 Å². The highest BCUT2D eigenvalue weighted by molar-refractivity contribution is 7.92. The molecule has 0 saturated carbocycles. The summed E-state index contributed by atoms with van der Waals surface area (Å²) in [6.07, 6.45) is 0.0972. The summed E-state index contributed by atoms with van der Waals surface area (Å²) in [6.45, 7) is 1.95. The van der Waals surface area contributed by atoms with Gasteiger partial charge in [-0.2, -0.15) is 0 Å². The molecule has 3 aromatic carbocycles. The Labute approximate surface area is 185 Å². The number of hydrogen-bond donors (Lipinski definition) is 3. The van der Waals surface area contributed by atoms with Crippen LogP contribution in [0.1, 0.15) is 21.5 Å². The number of carbonyl (C=O) groups is 2. The fraction of sp³-hybridized carbons (Fsp3) is 0.0909. The van der Waals surface area contributed by atoms with Gasteiger partial charge in [-0.3, -0.25) is 25.2 Å². The third kappa shape index (κ3) is 6.31. The zero-order valence-corrected chi connectivity index (χ0v) is 18.1. The van der Waals surface area contributed by atoms with Gasteiger partial charge >= 0.3 is 0 Å². The van der Waals surface area contributed by atoms with E-state index in [1.165, 1.54) is 36.4 Å². The van der Waals surface area contributed by atoms with Crippen LogP contribution in [0.2, 0.25) is 5.02 Å². The second kappa shape index (κ2) is 9.63. The van der Waals surface area contributed by atoms with Gasteiger partial charge in [0.15, 0.2) is 0 Å². The highest BCUT2D eigenvalue weighted by Gasteiger charge is 2.17. The highest BCUT2D eigenvalue weighted by Crippen LogP contribution is 2.19. The van der Waals surface area contributed by atoms with Crippen molar-refractivity contribution in [2.24, 2.45) is 0 Å². The Morgan fingerprint density at radius 3 is 2.26 bits per heavy atom. The quantitative estimate of drug-likeness (QED) is 0.493. The van der Waals surface area contributed by atoms with Crippen molar-refractivity contribution >= 4 is 39.1 Å². The molecular formula is C22H20ClN3O4S. The van der Waals surface area contributed by atoms with E-state index in [0.29, 0.717) is 10.7 Å². The molecule has 3 N–H and O–H groups in total. The molecular weight excluding hydrogens is 438 g/mol. The zero-order chi connectivity index (χ0) is 22.4. The number of nitrogens with one attached hydrogen (secondary N) is 3. The maximum absolute atomic E-state index is 12.6. The molecule has 3 aromatic rings. The molecule has 0 spiro atoms. The SMILES string of the molecule is Cc1ccc(CC(=O)NNC(=O)c2cccc(S(=O)(=O)Nc3ccc(Cl)cc3)c2)cc1. The minimum absolute atomic E-state index is 0.0783. The minimum Gasteiger partial charge on any atom is -0.280 e. The normalized spacial score (nSPS) is 10.9. The zero-order valence-electron chi connectivity index (χ0n) is 16.6. The molecule has 7 nitrogen and oxygen atoms in total. The molecule has 9 heteroatoms. The summed E-state index contributed by atoms with van der Waals surface area (Å²) < 4.78 is 27.6. The molecule has 0 saturated heterocycles. The molecule has 0 aromatic heterocycles. The molecule has 3 rings (SSSR count). The number of aryl methyl sites for hydroxylation is 1. The molecule has 160 valence electrons. The van der Waals surface area contributed by atoms with Crippen LogP contribution in [-0.2, 0) is 21.2 Å². The first kappa shape index (κ1) is 22.3. The fourth-order valence-electron chi connectivity index (χ4n) is 2.67. The first-order chi connectivity index (χ1) is 14.7. The molecule has 0 aliphatic rings. The molecule has 0 aliphatic heterocycles. The topological polar surface area (TPSA) is 104 Å². The molecule has 2 amide bonds. The average Bonchev–Trinajstić information content (AvgIpc) is 2.75. The van der Waals surface area contributed by atoms with Crippen molar-refractivity contribution in [2.45, 2.75) is 18.2 Å². The smallest absolute Gasteiger partial charge is 0.269 e. The fourth-order valence-corrected chi connectivity index (χ4v) is 3.90. The van der Waals surface area contributed by atoms with Gasteiger partial charge in [0.05, 0.1) is 11.3 Å². The third-order valence-electron chi connectivity index (χ3n) is 4.30. The van der Waals surface area contributed by atoms with E-state index < -0.39 is 21.8 Å². The van der Waals surface area contributed by atoms with Gasteiger partial charge in [0.1, 0.15) is 0 Å². The first-order valence-corrected chi connectivity index (χ1v) is 11.1. The third-order valence-corrected chi connectivity index (χ3v) is 5.93. The maximum atomic E-state index is 12.6. The molecule has 0 heterocycles. The summed E-state index contributed by atoms with van der Waals surface area (Å²) in [5.74, 6) is -1.04. The minimum atomic E-state index is -3.92. The first-order valence-electron chi connectivity index (χ1n) is 9.26. The summed E-state index contributed by atoms with van der Waals surface area (Å²) in [4.78, 5) is 24.3. The van der Waals surface area contributed by atoms with Gasteiger partial charge in [-0.1, -0.05) is 47.5 Å². The predicted molar refractivity (Wildman–Crippen MR) is 119 cm³/mol. The van der Waals surface area contributed by atoms with Crippen molar-refractivity contribution in [2.75, 3.05) is 4.72 Å². The molecule has 0 fully saturated rings. The monoisotopic (exact) mass is 457 g/mol. The standard InChI is InChI=1S/C22H20ClN3O4S/c1-15-5-7-16(8-6-15)13-21(27)24-25-22(28)17-3-2-4-20(14-17)31(29,30)26-19-11-9-18(23)10-12-19/h2-12,14,26H,13H2,1H3,(H,24,27)(H,25,28). The van der Waals surface area contributed by atoms with Crippen molar-refractivity contribution < 1.29 is 18.0 Å². The van der Waals surface area contributed by atoms with Crippen LogP contribution in [0.25, 0.3) is 0 Å². The van der Waals surface area contributed by atoms with E-state index in [1.54, 1.807) is 12.1 Å². The van der Waals surface area contributed by atoms with Gasteiger partial charge in [-0.05, 0) is 55.0 Å². The van der Waals surface area contributed by atoms with Crippen molar-refractivity contribution in [3.8, 4) is 0 Å². The number of rotatable bonds is 6. The molecule has 0 bridgehead atoms. The Morgan fingerprint density at radius 1 is 0.903 bits per heavy atom. The van der Waals surface area contributed by atoms with E-state index in [4.69, 9.17) is 11.6 Å². The maximum Gasteiger partial charge on any atom is 0.269 e. The van der Waals surface area contributed by atoms with Crippen LogP contribution in [0.3, 0.4) is 0 Å². The van der Waals surface area contributed by atoms with Crippen LogP contribution in [0, 0.1) is 6.92 Å². The van der Waals surface area contributed by atoms with Gasteiger partial charge in [0, 0.05) is 16.3 Å². The summed E-state index contributed by atoms with van der Waals surface area (Å²) in [5.41, 5.74) is 6.93. The lowest BCUT2D eigenvalue weighted by Gasteiger charge is -2.11. The number of halogens is 1.